The average molecular weight is 206 g/mol. The van der Waals surface area contributed by atoms with E-state index in [-0.39, 0.29) is 0 Å². The van der Waals surface area contributed by atoms with Crippen LogP contribution in [0.25, 0.3) is 0 Å². The highest BCUT2D eigenvalue weighted by Gasteiger charge is 2.09. The summed E-state index contributed by atoms with van der Waals surface area (Å²) in [5.41, 5.74) is 1.55. The fourth-order valence-corrected chi connectivity index (χ4v) is 1.19. The van der Waals surface area contributed by atoms with Crippen molar-refractivity contribution in [2.75, 3.05) is 0 Å². The molecule has 80 valence electrons. The van der Waals surface area contributed by atoms with Gasteiger partial charge >= 0.3 is 11.9 Å². The first kappa shape index (κ1) is 11.4. The maximum absolute atomic E-state index is 11.3. The Morgan fingerprint density at radius 1 is 1.13 bits per heavy atom. The molecule has 0 aliphatic carbocycles. The van der Waals surface area contributed by atoms with Crippen molar-refractivity contribution < 1.29 is 14.3 Å². The van der Waals surface area contributed by atoms with Crippen LogP contribution in [-0.2, 0) is 9.53 Å². The van der Waals surface area contributed by atoms with E-state index < -0.39 is 11.9 Å². The van der Waals surface area contributed by atoms with Crippen LogP contribution >= 0.6 is 0 Å². The Balaban J connectivity index is 2.80. The first-order valence-corrected chi connectivity index (χ1v) is 4.83. The summed E-state index contributed by atoms with van der Waals surface area (Å²) in [6.45, 7) is 5.35. The van der Waals surface area contributed by atoms with Crippen molar-refractivity contribution in [3.8, 4) is 0 Å². The number of carbonyl (C=O) groups is 2. The minimum absolute atomic E-state index is 0.398. The van der Waals surface area contributed by atoms with Gasteiger partial charge in [0.05, 0.1) is 5.56 Å². The zero-order valence-corrected chi connectivity index (χ0v) is 9.11. The fourth-order valence-electron chi connectivity index (χ4n) is 1.19. The summed E-state index contributed by atoms with van der Waals surface area (Å²) in [7, 11) is 0. The van der Waals surface area contributed by atoms with Gasteiger partial charge in [0.1, 0.15) is 0 Å². The second-order valence-corrected chi connectivity index (χ2v) is 3.66. The monoisotopic (exact) mass is 206 g/mol. The maximum atomic E-state index is 11.3. The van der Waals surface area contributed by atoms with Gasteiger partial charge in [-0.3, -0.25) is 4.79 Å². The van der Waals surface area contributed by atoms with E-state index in [9.17, 15) is 9.59 Å². The van der Waals surface area contributed by atoms with E-state index in [1.165, 1.54) is 6.92 Å². The van der Waals surface area contributed by atoms with Gasteiger partial charge in [-0.05, 0) is 23.6 Å². The summed E-state index contributed by atoms with van der Waals surface area (Å²) in [6, 6.07) is 7.06. The third-order valence-corrected chi connectivity index (χ3v) is 2.05. The number of benzene rings is 1. The van der Waals surface area contributed by atoms with Crippen molar-refractivity contribution in [2.24, 2.45) is 0 Å². The molecule has 0 saturated heterocycles. The Hall–Kier alpha value is -1.64. The lowest BCUT2D eigenvalue weighted by Gasteiger charge is -2.05. The molecule has 1 rings (SSSR count). The molecule has 0 saturated carbocycles. The molecule has 0 spiro atoms. The molecule has 0 amide bonds. The summed E-state index contributed by atoms with van der Waals surface area (Å²) in [4.78, 5) is 21.9. The van der Waals surface area contributed by atoms with E-state index >= 15 is 0 Å². The predicted molar refractivity (Wildman–Crippen MR) is 56.6 cm³/mol. The van der Waals surface area contributed by atoms with E-state index in [0.29, 0.717) is 11.5 Å². The zero-order valence-electron chi connectivity index (χ0n) is 9.11. The number of esters is 2. The van der Waals surface area contributed by atoms with Crippen LogP contribution in [-0.4, -0.2) is 11.9 Å². The topological polar surface area (TPSA) is 43.4 Å². The Morgan fingerprint density at radius 3 is 2.07 bits per heavy atom. The zero-order chi connectivity index (χ0) is 11.4. The normalized spacial score (nSPS) is 10.1. The van der Waals surface area contributed by atoms with Crippen LogP contribution in [0.3, 0.4) is 0 Å². The van der Waals surface area contributed by atoms with E-state index in [0.717, 1.165) is 5.56 Å². The number of rotatable bonds is 2. The quantitative estimate of drug-likeness (QED) is 0.551. The highest BCUT2D eigenvalue weighted by Crippen LogP contribution is 2.15. The highest BCUT2D eigenvalue weighted by molar-refractivity contribution is 5.96. The average Bonchev–Trinajstić information content (AvgIpc) is 2.17. The van der Waals surface area contributed by atoms with E-state index in [1.54, 1.807) is 12.1 Å². The standard InChI is InChI=1S/C12H14O3/c1-8(2)10-4-6-11(7-5-10)12(14)15-9(3)13/h4-8H,1-3H3. The Morgan fingerprint density at radius 2 is 1.67 bits per heavy atom. The van der Waals surface area contributed by atoms with E-state index in [2.05, 4.69) is 18.6 Å². The molecule has 0 N–H and O–H groups in total. The summed E-state index contributed by atoms with van der Waals surface area (Å²) in [5, 5.41) is 0. The van der Waals surface area contributed by atoms with Gasteiger partial charge in [-0.15, -0.1) is 0 Å². The number of hydrogen-bond donors (Lipinski definition) is 0. The Bertz CT molecular complexity index is 363. The second-order valence-electron chi connectivity index (χ2n) is 3.66. The molecule has 0 radical (unpaired) electrons. The Kier molecular flexibility index (Phi) is 3.61. The summed E-state index contributed by atoms with van der Waals surface area (Å²) >= 11 is 0. The van der Waals surface area contributed by atoms with Crippen LogP contribution in [0.5, 0.6) is 0 Å². The lowest BCUT2D eigenvalue weighted by Crippen LogP contribution is -2.09. The first-order chi connectivity index (χ1) is 7.00. The summed E-state index contributed by atoms with van der Waals surface area (Å²) in [5.74, 6) is -0.770. The number of ether oxygens (including phenoxy) is 1. The summed E-state index contributed by atoms with van der Waals surface area (Å²) in [6.07, 6.45) is 0. The molecule has 0 unspecified atom stereocenters. The molecule has 0 bridgehead atoms. The van der Waals surface area contributed by atoms with Gasteiger partial charge in [0.15, 0.2) is 0 Å². The third kappa shape index (κ3) is 3.20. The third-order valence-electron chi connectivity index (χ3n) is 2.05. The van der Waals surface area contributed by atoms with Gasteiger partial charge < -0.3 is 4.74 Å². The molecule has 0 atom stereocenters. The molecule has 0 aliphatic heterocycles. The van der Waals surface area contributed by atoms with Crippen LogP contribution in [0, 0.1) is 0 Å². The SMILES string of the molecule is CC(=O)OC(=O)c1ccc(C(C)C)cc1. The largest absolute Gasteiger partial charge is 0.390 e. The van der Waals surface area contributed by atoms with Crippen LogP contribution in [0.15, 0.2) is 24.3 Å². The molecule has 3 heteroatoms. The van der Waals surface area contributed by atoms with Gasteiger partial charge in [-0.1, -0.05) is 26.0 Å². The van der Waals surface area contributed by atoms with Crippen molar-refractivity contribution in [1.29, 1.82) is 0 Å². The Labute approximate surface area is 89.1 Å². The van der Waals surface area contributed by atoms with Crippen molar-refractivity contribution in [3.05, 3.63) is 35.4 Å². The van der Waals surface area contributed by atoms with E-state index in [1.807, 2.05) is 12.1 Å². The van der Waals surface area contributed by atoms with Gasteiger partial charge in [0.25, 0.3) is 0 Å². The number of hydrogen-bond acceptors (Lipinski definition) is 3. The second kappa shape index (κ2) is 4.73. The van der Waals surface area contributed by atoms with Crippen LogP contribution in [0.4, 0.5) is 0 Å². The molecule has 1 aromatic carbocycles. The molecule has 0 aromatic heterocycles. The lowest BCUT2D eigenvalue weighted by atomic mass is 10.0. The van der Waals surface area contributed by atoms with Gasteiger partial charge in [-0.25, -0.2) is 4.79 Å². The molecular formula is C12H14O3. The lowest BCUT2D eigenvalue weighted by molar-refractivity contribution is -0.135. The van der Waals surface area contributed by atoms with Gasteiger partial charge in [-0.2, -0.15) is 0 Å². The highest BCUT2D eigenvalue weighted by atomic mass is 16.6. The first-order valence-electron chi connectivity index (χ1n) is 4.83. The predicted octanol–water partition coefficient (Wildman–Crippen LogP) is 2.51. The molecule has 0 fully saturated rings. The van der Waals surface area contributed by atoms with Gasteiger partial charge in [0, 0.05) is 6.92 Å². The minimum Gasteiger partial charge on any atom is -0.390 e. The molecule has 1 aromatic rings. The van der Waals surface area contributed by atoms with Crippen molar-refractivity contribution >= 4 is 11.9 Å². The van der Waals surface area contributed by atoms with Crippen LogP contribution in [0.2, 0.25) is 0 Å². The summed E-state index contributed by atoms with van der Waals surface area (Å²) < 4.78 is 4.46. The molecule has 0 aliphatic rings. The van der Waals surface area contributed by atoms with E-state index in [4.69, 9.17) is 0 Å². The smallest absolute Gasteiger partial charge is 0.345 e. The molecule has 3 nitrogen and oxygen atoms in total. The van der Waals surface area contributed by atoms with Crippen molar-refractivity contribution in [2.45, 2.75) is 26.7 Å². The molecule has 15 heavy (non-hydrogen) atoms. The van der Waals surface area contributed by atoms with Crippen LogP contribution in [0.1, 0.15) is 42.6 Å². The molecule has 0 heterocycles. The van der Waals surface area contributed by atoms with Crippen molar-refractivity contribution in [3.63, 3.8) is 0 Å². The van der Waals surface area contributed by atoms with Gasteiger partial charge in [0.2, 0.25) is 0 Å². The number of carbonyl (C=O) groups excluding carboxylic acids is 2. The fraction of sp³-hybridized carbons (Fsp3) is 0.333. The minimum atomic E-state index is -0.599. The van der Waals surface area contributed by atoms with Crippen LogP contribution < -0.4 is 0 Å². The van der Waals surface area contributed by atoms with Crippen molar-refractivity contribution in [1.82, 2.24) is 0 Å². The molecular weight excluding hydrogens is 192 g/mol. The maximum Gasteiger partial charge on any atom is 0.345 e.